The largest absolute Gasteiger partial charge is 0.490 e. The zero-order chi connectivity index (χ0) is 20.7. The molecule has 2 aromatic rings. The number of carbonyl (C=O) groups is 2. The van der Waals surface area contributed by atoms with Crippen LogP contribution < -0.4 is 18.9 Å². The van der Waals surface area contributed by atoms with E-state index < -0.39 is 11.9 Å². The highest BCUT2D eigenvalue weighted by atomic mass is 16.6. The predicted molar refractivity (Wildman–Crippen MR) is 106 cm³/mol. The third-order valence-electron chi connectivity index (χ3n) is 3.99. The third kappa shape index (κ3) is 4.91. The van der Waals surface area contributed by atoms with E-state index in [1.165, 1.54) is 28.1 Å². The van der Waals surface area contributed by atoms with Gasteiger partial charge in [0.15, 0.2) is 11.5 Å². The fourth-order valence-electron chi connectivity index (χ4n) is 2.80. The molecule has 0 saturated carbocycles. The fraction of sp³-hybridized carbons (Fsp3) is 0.273. The Labute approximate surface area is 164 Å². The van der Waals surface area contributed by atoms with Gasteiger partial charge >= 0.3 is 11.9 Å². The second-order valence-corrected chi connectivity index (χ2v) is 6.04. The van der Waals surface area contributed by atoms with Crippen molar-refractivity contribution in [1.82, 2.24) is 0 Å². The van der Waals surface area contributed by atoms with Gasteiger partial charge in [-0.2, -0.15) is 0 Å². The Balaban J connectivity index is 2.61. The van der Waals surface area contributed by atoms with Crippen molar-refractivity contribution in [2.75, 3.05) is 14.2 Å². The summed E-state index contributed by atoms with van der Waals surface area (Å²) in [5, 5.41) is 0. The van der Waals surface area contributed by atoms with Crippen molar-refractivity contribution in [2.24, 2.45) is 0 Å². The van der Waals surface area contributed by atoms with Crippen LogP contribution in [0.5, 0.6) is 23.0 Å². The van der Waals surface area contributed by atoms with Crippen molar-refractivity contribution in [3.05, 3.63) is 53.1 Å². The van der Waals surface area contributed by atoms with E-state index in [0.29, 0.717) is 17.5 Å². The minimum Gasteiger partial charge on any atom is -0.490 e. The van der Waals surface area contributed by atoms with Gasteiger partial charge in [-0.25, -0.2) is 0 Å². The van der Waals surface area contributed by atoms with E-state index in [4.69, 9.17) is 18.9 Å². The van der Waals surface area contributed by atoms with Crippen molar-refractivity contribution in [1.29, 1.82) is 0 Å². The molecule has 0 atom stereocenters. The molecule has 28 heavy (non-hydrogen) atoms. The summed E-state index contributed by atoms with van der Waals surface area (Å²) in [5.41, 5.74) is 2.29. The Hall–Kier alpha value is -3.28. The maximum atomic E-state index is 11.7. The molecule has 0 fully saturated rings. The quantitative estimate of drug-likeness (QED) is 0.528. The second kappa shape index (κ2) is 9.60. The topological polar surface area (TPSA) is 71.1 Å². The van der Waals surface area contributed by atoms with Crippen LogP contribution >= 0.6 is 0 Å². The molecule has 0 bridgehead atoms. The standard InChI is InChI=1S/C22H24O6/c1-14-18(13-9-12-17-10-7-6-8-11-17)20(28-16(3)24)22(26-5)21(25-4)19(14)27-15(2)23/h6-11,13H,12H2,1-5H3. The van der Waals surface area contributed by atoms with Crippen LogP contribution in [0.2, 0.25) is 0 Å². The van der Waals surface area contributed by atoms with E-state index in [0.717, 1.165) is 5.56 Å². The molecule has 0 aliphatic heterocycles. The van der Waals surface area contributed by atoms with E-state index in [9.17, 15) is 9.59 Å². The average molecular weight is 384 g/mol. The summed E-state index contributed by atoms with van der Waals surface area (Å²) >= 11 is 0. The van der Waals surface area contributed by atoms with Crippen molar-refractivity contribution >= 4 is 18.0 Å². The van der Waals surface area contributed by atoms with E-state index >= 15 is 0 Å². The molecule has 2 rings (SSSR count). The summed E-state index contributed by atoms with van der Waals surface area (Å²) < 4.78 is 21.6. The zero-order valence-electron chi connectivity index (χ0n) is 16.7. The first-order valence-corrected chi connectivity index (χ1v) is 8.74. The van der Waals surface area contributed by atoms with Crippen LogP contribution in [-0.4, -0.2) is 26.2 Å². The number of hydrogen-bond acceptors (Lipinski definition) is 6. The van der Waals surface area contributed by atoms with E-state index in [-0.39, 0.29) is 23.0 Å². The van der Waals surface area contributed by atoms with Crippen molar-refractivity contribution in [3.63, 3.8) is 0 Å². The first-order chi connectivity index (χ1) is 13.4. The molecule has 6 nitrogen and oxygen atoms in total. The van der Waals surface area contributed by atoms with Crippen LogP contribution in [0, 0.1) is 6.92 Å². The van der Waals surface area contributed by atoms with Gasteiger partial charge in [0, 0.05) is 25.0 Å². The number of carbonyl (C=O) groups excluding carboxylic acids is 2. The van der Waals surface area contributed by atoms with Gasteiger partial charge in [-0.3, -0.25) is 9.59 Å². The maximum Gasteiger partial charge on any atom is 0.308 e. The number of allylic oxidation sites excluding steroid dienone is 1. The maximum absolute atomic E-state index is 11.7. The minimum absolute atomic E-state index is 0.180. The van der Waals surface area contributed by atoms with Crippen LogP contribution in [0.25, 0.3) is 6.08 Å². The lowest BCUT2D eigenvalue weighted by Crippen LogP contribution is -2.10. The number of methoxy groups -OCH3 is 2. The summed E-state index contributed by atoms with van der Waals surface area (Å²) in [6.07, 6.45) is 4.43. The smallest absolute Gasteiger partial charge is 0.308 e. The summed E-state index contributed by atoms with van der Waals surface area (Å²) in [4.78, 5) is 23.3. The monoisotopic (exact) mass is 384 g/mol. The molecule has 0 aliphatic rings. The van der Waals surface area contributed by atoms with E-state index in [2.05, 4.69) is 0 Å². The number of rotatable bonds is 7. The zero-order valence-corrected chi connectivity index (χ0v) is 16.7. The molecule has 6 heteroatoms. The Bertz CT molecular complexity index is 884. The first kappa shape index (κ1) is 21.0. The molecule has 0 saturated heterocycles. The molecular formula is C22H24O6. The molecule has 0 spiro atoms. The van der Waals surface area contributed by atoms with Crippen LogP contribution in [-0.2, 0) is 16.0 Å². The van der Waals surface area contributed by atoms with Gasteiger partial charge in [-0.15, -0.1) is 0 Å². The predicted octanol–water partition coefficient (Wildman–Crippen LogP) is 4.12. The molecule has 0 aromatic heterocycles. The number of esters is 2. The van der Waals surface area contributed by atoms with Gasteiger partial charge in [0.2, 0.25) is 11.5 Å². The highest BCUT2D eigenvalue weighted by Crippen LogP contribution is 2.50. The molecule has 0 unspecified atom stereocenters. The number of ether oxygens (including phenoxy) is 4. The number of benzene rings is 2. The van der Waals surface area contributed by atoms with Crippen LogP contribution in [0.15, 0.2) is 36.4 Å². The lowest BCUT2D eigenvalue weighted by Gasteiger charge is -2.20. The fourth-order valence-corrected chi connectivity index (χ4v) is 2.80. The Morgan fingerprint density at radius 3 is 1.93 bits per heavy atom. The molecular weight excluding hydrogens is 360 g/mol. The lowest BCUT2D eigenvalue weighted by atomic mass is 10.0. The molecule has 0 aliphatic carbocycles. The molecule has 0 heterocycles. The molecule has 2 aromatic carbocycles. The highest BCUT2D eigenvalue weighted by molar-refractivity contribution is 5.82. The Morgan fingerprint density at radius 2 is 1.39 bits per heavy atom. The van der Waals surface area contributed by atoms with Crippen molar-refractivity contribution in [3.8, 4) is 23.0 Å². The van der Waals surface area contributed by atoms with Gasteiger partial charge in [-0.1, -0.05) is 42.5 Å². The third-order valence-corrected chi connectivity index (χ3v) is 3.99. The minimum atomic E-state index is -0.502. The summed E-state index contributed by atoms with van der Waals surface area (Å²) in [7, 11) is 2.85. The average Bonchev–Trinajstić information content (AvgIpc) is 2.66. The van der Waals surface area contributed by atoms with Crippen molar-refractivity contribution < 1.29 is 28.5 Å². The second-order valence-electron chi connectivity index (χ2n) is 6.04. The molecule has 148 valence electrons. The SMILES string of the molecule is COc1c(OC(C)=O)c(C)c(C=CCc2ccccc2)c(OC(C)=O)c1OC. The summed E-state index contributed by atoms with van der Waals surface area (Å²) in [6.45, 7) is 4.37. The first-order valence-electron chi connectivity index (χ1n) is 8.74. The van der Waals surface area contributed by atoms with Gasteiger partial charge in [0.1, 0.15) is 0 Å². The lowest BCUT2D eigenvalue weighted by molar-refractivity contribution is -0.133. The summed E-state index contributed by atoms with van der Waals surface area (Å²) in [5.74, 6) is -0.196. The van der Waals surface area contributed by atoms with Gasteiger partial charge in [-0.05, 0) is 18.9 Å². The summed E-state index contributed by atoms with van der Waals surface area (Å²) in [6, 6.07) is 9.92. The van der Waals surface area contributed by atoms with Crippen LogP contribution in [0.1, 0.15) is 30.5 Å². The highest BCUT2D eigenvalue weighted by Gasteiger charge is 2.27. The Morgan fingerprint density at radius 1 is 0.857 bits per heavy atom. The normalized spacial score (nSPS) is 10.6. The van der Waals surface area contributed by atoms with Gasteiger partial charge < -0.3 is 18.9 Å². The van der Waals surface area contributed by atoms with Gasteiger partial charge in [0.25, 0.3) is 0 Å². The van der Waals surface area contributed by atoms with Crippen LogP contribution in [0.4, 0.5) is 0 Å². The van der Waals surface area contributed by atoms with Crippen LogP contribution in [0.3, 0.4) is 0 Å². The number of hydrogen-bond donors (Lipinski definition) is 0. The molecule has 0 amide bonds. The van der Waals surface area contributed by atoms with E-state index in [1.54, 1.807) is 6.92 Å². The Kier molecular flexibility index (Phi) is 7.21. The van der Waals surface area contributed by atoms with Gasteiger partial charge in [0.05, 0.1) is 14.2 Å². The molecule has 0 N–H and O–H groups in total. The van der Waals surface area contributed by atoms with E-state index in [1.807, 2.05) is 42.5 Å². The van der Waals surface area contributed by atoms with Crippen molar-refractivity contribution in [2.45, 2.75) is 27.2 Å². The molecule has 0 radical (unpaired) electrons.